The van der Waals surface area contributed by atoms with Gasteiger partial charge in [-0.1, -0.05) is 6.42 Å². The average Bonchev–Trinajstić information content (AvgIpc) is 2.73. The Morgan fingerprint density at radius 2 is 2.47 bits per heavy atom. The van der Waals surface area contributed by atoms with E-state index in [2.05, 4.69) is 0 Å². The lowest BCUT2D eigenvalue weighted by atomic mass is 9.82. The molecule has 1 amide bonds. The van der Waals surface area contributed by atoms with E-state index >= 15 is 0 Å². The zero-order valence-electron chi connectivity index (χ0n) is 9.17. The van der Waals surface area contributed by atoms with Crippen molar-refractivity contribution in [3.05, 3.63) is 0 Å². The predicted molar refractivity (Wildman–Crippen MR) is 59.0 cm³/mol. The molecule has 0 radical (unpaired) electrons. The van der Waals surface area contributed by atoms with Crippen molar-refractivity contribution >= 4 is 17.5 Å². The number of nitrogens with zero attached hydrogens (tertiary/aromatic N) is 1. The Hall–Kier alpha value is -0.280. The fourth-order valence-electron chi connectivity index (χ4n) is 3.21. The highest BCUT2D eigenvalue weighted by Crippen LogP contribution is 2.48. The van der Waals surface area contributed by atoms with Gasteiger partial charge in [-0.3, -0.25) is 4.79 Å². The SMILES string of the molecule is COC[C@@]12CCC[C@H]1CN(C(=O)CCl)C2. The summed E-state index contributed by atoms with van der Waals surface area (Å²) in [6, 6.07) is 0. The number of ether oxygens (including phenoxy) is 1. The van der Waals surface area contributed by atoms with Crippen molar-refractivity contribution in [2.24, 2.45) is 11.3 Å². The van der Waals surface area contributed by atoms with E-state index < -0.39 is 0 Å². The van der Waals surface area contributed by atoms with Crippen molar-refractivity contribution in [2.45, 2.75) is 19.3 Å². The van der Waals surface area contributed by atoms with Crippen LogP contribution in [0.2, 0.25) is 0 Å². The first-order valence-electron chi connectivity index (χ1n) is 5.54. The molecule has 2 atom stereocenters. The summed E-state index contributed by atoms with van der Waals surface area (Å²) in [6.07, 6.45) is 3.70. The molecule has 2 fully saturated rings. The Labute approximate surface area is 95.7 Å². The largest absolute Gasteiger partial charge is 0.384 e. The van der Waals surface area contributed by atoms with Crippen LogP contribution < -0.4 is 0 Å². The van der Waals surface area contributed by atoms with Crippen LogP contribution in [0.4, 0.5) is 0 Å². The summed E-state index contributed by atoms with van der Waals surface area (Å²) < 4.78 is 5.32. The molecule has 1 heterocycles. The van der Waals surface area contributed by atoms with Crippen molar-refractivity contribution in [3.63, 3.8) is 0 Å². The maximum absolute atomic E-state index is 11.5. The Morgan fingerprint density at radius 1 is 1.67 bits per heavy atom. The molecule has 0 aromatic carbocycles. The maximum Gasteiger partial charge on any atom is 0.237 e. The smallest absolute Gasteiger partial charge is 0.237 e. The molecule has 15 heavy (non-hydrogen) atoms. The number of hydrogen-bond acceptors (Lipinski definition) is 2. The van der Waals surface area contributed by atoms with E-state index in [1.165, 1.54) is 19.3 Å². The van der Waals surface area contributed by atoms with E-state index in [-0.39, 0.29) is 17.2 Å². The van der Waals surface area contributed by atoms with Crippen molar-refractivity contribution < 1.29 is 9.53 Å². The van der Waals surface area contributed by atoms with Crippen LogP contribution in [-0.4, -0.2) is 43.5 Å². The van der Waals surface area contributed by atoms with E-state index in [1.54, 1.807) is 7.11 Å². The minimum absolute atomic E-state index is 0.0709. The average molecular weight is 232 g/mol. The van der Waals surface area contributed by atoms with Crippen molar-refractivity contribution in [1.82, 2.24) is 4.90 Å². The zero-order valence-corrected chi connectivity index (χ0v) is 9.92. The lowest BCUT2D eigenvalue weighted by molar-refractivity contribution is -0.128. The molecular weight excluding hydrogens is 214 g/mol. The fourth-order valence-corrected chi connectivity index (χ4v) is 3.38. The maximum atomic E-state index is 11.5. The number of hydrogen-bond donors (Lipinski definition) is 0. The van der Waals surface area contributed by atoms with Crippen LogP contribution in [0.5, 0.6) is 0 Å². The first kappa shape index (κ1) is 11.2. The van der Waals surface area contributed by atoms with Crippen LogP contribution in [-0.2, 0) is 9.53 Å². The summed E-state index contributed by atoms with van der Waals surface area (Å²) in [5, 5.41) is 0. The van der Waals surface area contributed by atoms with Crippen LogP contribution >= 0.6 is 11.6 Å². The molecular formula is C11H18ClNO2. The standard InChI is InChI=1S/C11H18ClNO2/c1-15-8-11-4-2-3-9(11)6-13(7-11)10(14)5-12/h9H,2-8H2,1H3/t9-,11-/m0/s1. The molecule has 0 aromatic rings. The number of alkyl halides is 1. The summed E-state index contributed by atoms with van der Waals surface area (Å²) in [6.45, 7) is 2.51. The number of carbonyl (C=O) groups excluding carboxylic acids is 1. The third-order valence-corrected chi connectivity index (χ3v) is 4.17. The lowest BCUT2D eigenvalue weighted by Gasteiger charge is -2.27. The van der Waals surface area contributed by atoms with Crippen LogP contribution in [0.15, 0.2) is 0 Å². The van der Waals surface area contributed by atoms with Crippen molar-refractivity contribution in [3.8, 4) is 0 Å². The normalized spacial score (nSPS) is 34.5. The topological polar surface area (TPSA) is 29.5 Å². The number of methoxy groups -OCH3 is 1. The van der Waals surface area contributed by atoms with Gasteiger partial charge in [-0.05, 0) is 18.8 Å². The molecule has 4 heteroatoms. The number of rotatable bonds is 3. The molecule has 1 saturated heterocycles. The highest BCUT2D eigenvalue weighted by molar-refractivity contribution is 6.27. The van der Waals surface area contributed by atoms with Gasteiger partial charge in [0.05, 0.1) is 6.61 Å². The molecule has 0 spiro atoms. The molecule has 0 N–H and O–H groups in total. The van der Waals surface area contributed by atoms with Crippen LogP contribution in [0.25, 0.3) is 0 Å². The Balaban J connectivity index is 2.07. The minimum atomic E-state index is 0.0709. The van der Waals surface area contributed by atoms with Gasteiger partial charge < -0.3 is 9.64 Å². The Kier molecular flexibility index (Phi) is 3.21. The molecule has 3 nitrogen and oxygen atoms in total. The van der Waals surface area contributed by atoms with E-state index in [4.69, 9.17) is 16.3 Å². The number of amides is 1. The molecule has 86 valence electrons. The third kappa shape index (κ3) is 1.87. The number of fused-ring (bicyclic) bond motifs is 1. The lowest BCUT2D eigenvalue weighted by Crippen LogP contribution is -2.35. The highest BCUT2D eigenvalue weighted by Gasteiger charge is 2.50. The number of carbonyl (C=O) groups is 1. The second kappa shape index (κ2) is 4.30. The van der Waals surface area contributed by atoms with E-state index in [1.807, 2.05) is 4.90 Å². The molecule has 2 rings (SSSR count). The molecule has 1 aliphatic carbocycles. The van der Waals surface area contributed by atoms with Crippen molar-refractivity contribution in [2.75, 3.05) is 32.7 Å². The molecule has 0 aromatic heterocycles. The van der Waals surface area contributed by atoms with Gasteiger partial charge in [-0.2, -0.15) is 0 Å². The van der Waals surface area contributed by atoms with E-state index in [0.29, 0.717) is 5.92 Å². The third-order valence-electron chi connectivity index (χ3n) is 3.94. The fraction of sp³-hybridized carbons (Fsp3) is 0.909. The first-order valence-corrected chi connectivity index (χ1v) is 6.08. The molecule has 2 aliphatic rings. The van der Waals surface area contributed by atoms with Gasteiger partial charge in [0.1, 0.15) is 5.88 Å². The predicted octanol–water partition coefficient (Wildman–Crippen LogP) is 1.50. The van der Waals surface area contributed by atoms with Gasteiger partial charge in [0.15, 0.2) is 0 Å². The second-order valence-corrected chi connectivity index (χ2v) is 5.06. The summed E-state index contributed by atoms with van der Waals surface area (Å²) >= 11 is 5.59. The molecule has 0 unspecified atom stereocenters. The summed E-state index contributed by atoms with van der Waals surface area (Å²) in [5.74, 6) is 0.807. The van der Waals surface area contributed by atoms with Gasteiger partial charge in [-0.25, -0.2) is 0 Å². The van der Waals surface area contributed by atoms with Gasteiger partial charge in [0, 0.05) is 25.6 Å². The van der Waals surface area contributed by atoms with Crippen LogP contribution in [0, 0.1) is 11.3 Å². The van der Waals surface area contributed by atoms with Crippen LogP contribution in [0.1, 0.15) is 19.3 Å². The highest BCUT2D eigenvalue weighted by atomic mass is 35.5. The van der Waals surface area contributed by atoms with Gasteiger partial charge >= 0.3 is 0 Å². The number of likely N-dealkylation sites (tertiary alicyclic amines) is 1. The monoisotopic (exact) mass is 231 g/mol. The molecule has 1 saturated carbocycles. The number of halogens is 1. The van der Waals surface area contributed by atoms with Crippen molar-refractivity contribution in [1.29, 1.82) is 0 Å². The quantitative estimate of drug-likeness (QED) is 0.689. The Morgan fingerprint density at radius 3 is 3.13 bits per heavy atom. The van der Waals surface area contributed by atoms with Crippen LogP contribution in [0.3, 0.4) is 0 Å². The Bertz CT molecular complexity index is 259. The minimum Gasteiger partial charge on any atom is -0.384 e. The summed E-state index contributed by atoms with van der Waals surface area (Å²) in [4.78, 5) is 13.5. The zero-order chi connectivity index (χ0) is 10.9. The van der Waals surface area contributed by atoms with Gasteiger partial charge in [0.2, 0.25) is 5.91 Å². The summed E-state index contributed by atoms with van der Waals surface area (Å²) in [5.41, 5.74) is 0.233. The molecule has 0 bridgehead atoms. The van der Waals surface area contributed by atoms with E-state index in [9.17, 15) is 4.79 Å². The van der Waals surface area contributed by atoms with E-state index in [0.717, 1.165) is 19.7 Å². The first-order chi connectivity index (χ1) is 7.22. The van der Waals surface area contributed by atoms with Gasteiger partial charge in [-0.15, -0.1) is 11.6 Å². The summed E-state index contributed by atoms with van der Waals surface area (Å²) in [7, 11) is 1.75. The second-order valence-electron chi connectivity index (χ2n) is 4.79. The van der Waals surface area contributed by atoms with Gasteiger partial charge in [0.25, 0.3) is 0 Å². The molecule has 1 aliphatic heterocycles.